The number of esters is 1. The quantitative estimate of drug-likeness (QED) is 0.375. The molecule has 2 aliphatic heterocycles. The molecule has 4 aromatic rings. The summed E-state index contributed by atoms with van der Waals surface area (Å²) in [5.41, 5.74) is 3.10. The highest BCUT2D eigenvalue weighted by molar-refractivity contribution is 6.16. The lowest BCUT2D eigenvalue weighted by molar-refractivity contribution is -0.130. The van der Waals surface area contributed by atoms with Crippen molar-refractivity contribution in [1.29, 1.82) is 0 Å². The van der Waals surface area contributed by atoms with Crippen molar-refractivity contribution in [3.05, 3.63) is 78.1 Å². The van der Waals surface area contributed by atoms with Crippen molar-refractivity contribution in [2.75, 3.05) is 38.2 Å². The number of carbonyl (C=O) groups excluding carboxylic acids is 1. The average Bonchev–Trinajstić information content (AvgIpc) is 3.47. The molecule has 0 amide bonds. The molecule has 1 aromatic heterocycles. The van der Waals surface area contributed by atoms with Crippen LogP contribution in [0, 0.1) is 0 Å². The van der Waals surface area contributed by atoms with Gasteiger partial charge in [0.15, 0.2) is 5.70 Å². The van der Waals surface area contributed by atoms with Crippen LogP contribution in [-0.2, 0) is 9.53 Å². The maximum atomic E-state index is 12.6. The maximum absolute atomic E-state index is 12.6. The SMILES string of the molecule is COc1ccc2c(C3=NC(=CN4CCN(c5nc6ccccc6[nH]5)CC4)C(=O)O3)cccc2c1. The van der Waals surface area contributed by atoms with Gasteiger partial charge in [0.1, 0.15) is 5.75 Å². The van der Waals surface area contributed by atoms with Gasteiger partial charge in [-0.25, -0.2) is 14.8 Å². The van der Waals surface area contributed by atoms with Gasteiger partial charge in [0, 0.05) is 37.9 Å². The Balaban J connectivity index is 1.20. The van der Waals surface area contributed by atoms with Gasteiger partial charge in [0.05, 0.1) is 18.1 Å². The number of hydrogen-bond donors (Lipinski definition) is 1. The third-order valence-electron chi connectivity index (χ3n) is 6.23. The van der Waals surface area contributed by atoms with E-state index in [1.165, 1.54) is 0 Å². The van der Waals surface area contributed by atoms with E-state index < -0.39 is 5.97 Å². The Morgan fingerprint density at radius 1 is 1.03 bits per heavy atom. The molecule has 0 saturated carbocycles. The summed E-state index contributed by atoms with van der Waals surface area (Å²) < 4.78 is 10.9. The minimum absolute atomic E-state index is 0.317. The Kier molecular flexibility index (Phi) is 4.91. The summed E-state index contributed by atoms with van der Waals surface area (Å²) in [4.78, 5) is 29.5. The van der Waals surface area contributed by atoms with Gasteiger partial charge in [-0.2, -0.15) is 0 Å². The molecule has 3 heterocycles. The van der Waals surface area contributed by atoms with E-state index in [4.69, 9.17) is 9.47 Å². The number of hydrogen-bond acceptors (Lipinski definition) is 7. The number of imidazole rings is 1. The molecule has 0 atom stereocenters. The molecule has 1 fully saturated rings. The van der Waals surface area contributed by atoms with E-state index >= 15 is 0 Å². The largest absolute Gasteiger partial charge is 0.497 e. The number of fused-ring (bicyclic) bond motifs is 2. The number of H-pyrrole nitrogens is 1. The first-order valence-electron chi connectivity index (χ1n) is 11.2. The Labute approximate surface area is 196 Å². The molecule has 0 spiro atoms. The molecule has 0 radical (unpaired) electrons. The molecule has 0 aliphatic carbocycles. The Morgan fingerprint density at radius 2 is 1.88 bits per heavy atom. The van der Waals surface area contributed by atoms with Crippen LogP contribution >= 0.6 is 0 Å². The summed E-state index contributed by atoms with van der Waals surface area (Å²) >= 11 is 0. The molecular formula is C26H23N5O3. The maximum Gasteiger partial charge on any atom is 0.365 e. The number of aromatic nitrogens is 2. The Hall–Kier alpha value is -4.33. The van der Waals surface area contributed by atoms with Crippen LogP contribution in [0.2, 0.25) is 0 Å². The van der Waals surface area contributed by atoms with Crippen molar-refractivity contribution in [3.8, 4) is 5.75 Å². The minimum Gasteiger partial charge on any atom is -0.497 e. The summed E-state index contributed by atoms with van der Waals surface area (Å²) in [7, 11) is 1.64. The number of nitrogens with zero attached hydrogens (tertiary/aromatic N) is 4. The van der Waals surface area contributed by atoms with Crippen LogP contribution in [0.15, 0.2) is 77.6 Å². The van der Waals surface area contributed by atoms with E-state index in [9.17, 15) is 4.79 Å². The van der Waals surface area contributed by atoms with Crippen molar-refractivity contribution in [3.63, 3.8) is 0 Å². The number of carbonyl (C=O) groups is 1. The monoisotopic (exact) mass is 453 g/mol. The smallest absolute Gasteiger partial charge is 0.365 e. The van der Waals surface area contributed by atoms with Crippen molar-refractivity contribution < 1.29 is 14.3 Å². The zero-order valence-corrected chi connectivity index (χ0v) is 18.7. The van der Waals surface area contributed by atoms with Crippen LogP contribution in [0.3, 0.4) is 0 Å². The fourth-order valence-corrected chi connectivity index (χ4v) is 4.41. The number of ether oxygens (including phenoxy) is 2. The van der Waals surface area contributed by atoms with Crippen LogP contribution in [0.1, 0.15) is 5.56 Å². The highest BCUT2D eigenvalue weighted by Gasteiger charge is 2.27. The van der Waals surface area contributed by atoms with Gasteiger partial charge in [-0.1, -0.05) is 24.3 Å². The van der Waals surface area contributed by atoms with Crippen LogP contribution in [0.25, 0.3) is 21.8 Å². The minimum atomic E-state index is -0.430. The molecule has 6 rings (SSSR count). The molecule has 34 heavy (non-hydrogen) atoms. The topological polar surface area (TPSA) is 83.0 Å². The predicted octanol–water partition coefficient (Wildman–Crippen LogP) is 3.69. The molecule has 1 N–H and O–H groups in total. The number of anilines is 1. The summed E-state index contributed by atoms with van der Waals surface area (Å²) in [6, 6.07) is 19.7. The van der Waals surface area contributed by atoms with E-state index in [1.54, 1.807) is 13.3 Å². The molecule has 3 aromatic carbocycles. The number of nitrogens with one attached hydrogen (secondary N) is 1. The summed E-state index contributed by atoms with van der Waals surface area (Å²) in [6.07, 6.45) is 1.81. The fourth-order valence-electron chi connectivity index (χ4n) is 4.41. The van der Waals surface area contributed by atoms with Crippen molar-refractivity contribution in [1.82, 2.24) is 14.9 Å². The van der Waals surface area contributed by atoms with Gasteiger partial charge in [0.2, 0.25) is 11.8 Å². The van der Waals surface area contributed by atoms with Gasteiger partial charge in [-0.05, 0) is 47.2 Å². The number of benzene rings is 3. The molecule has 0 unspecified atom stereocenters. The number of rotatable bonds is 4. The van der Waals surface area contributed by atoms with Crippen LogP contribution in [0.5, 0.6) is 5.75 Å². The first-order chi connectivity index (χ1) is 16.7. The van der Waals surface area contributed by atoms with Gasteiger partial charge in [-0.15, -0.1) is 0 Å². The Bertz CT molecular complexity index is 1430. The zero-order chi connectivity index (χ0) is 23.1. The van der Waals surface area contributed by atoms with Gasteiger partial charge in [-0.3, -0.25) is 0 Å². The van der Waals surface area contributed by atoms with Crippen LogP contribution < -0.4 is 9.64 Å². The first kappa shape index (κ1) is 20.3. The number of piperazine rings is 1. The molecular weight excluding hydrogens is 430 g/mol. The number of cyclic esters (lactones) is 1. The summed E-state index contributed by atoms with van der Waals surface area (Å²) in [6.45, 7) is 3.10. The third-order valence-corrected chi connectivity index (χ3v) is 6.23. The van der Waals surface area contributed by atoms with E-state index in [0.29, 0.717) is 11.6 Å². The first-order valence-corrected chi connectivity index (χ1v) is 11.2. The standard InChI is InChI=1S/C26H23N5O3/c1-33-18-9-10-19-17(15-18)5-4-6-20(19)24-27-23(25(32)34-24)16-30-11-13-31(14-12-30)26-28-21-7-2-3-8-22(21)29-26/h2-10,15-16H,11-14H2,1H3,(H,28,29). The highest BCUT2D eigenvalue weighted by atomic mass is 16.6. The molecule has 0 bridgehead atoms. The van der Waals surface area contributed by atoms with Gasteiger partial charge in [0.25, 0.3) is 0 Å². The number of aliphatic imine (C=N–C) groups is 1. The second kappa shape index (κ2) is 8.22. The third kappa shape index (κ3) is 3.63. The van der Waals surface area contributed by atoms with Crippen molar-refractivity contribution in [2.45, 2.75) is 0 Å². The van der Waals surface area contributed by atoms with E-state index in [2.05, 4.69) is 24.8 Å². The van der Waals surface area contributed by atoms with E-state index in [0.717, 1.165) is 65.2 Å². The molecule has 8 nitrogen and oxygen atoms in total. The number of aromatic amines is 1. The second-order valence-corrected chi connectivity index (χ2v) is 8.31. The molecule has 8 heteroatoms. The lowest BCUT2D eigenvalue weighted by Crippen LogP contribution is -2.44. The summed E-state index contributed by atoms with van der Waals surface area (Å²) in [5, 5.41) is 1.95. The fraction of sp³-hybridized carbons (Fsp3) is 0.192. The molecule has 1 saturated heterocycles. The van der Waals surface area contributed by atoms with E-state index in [1.807, 2.05) is 60.7 Å². The molecule has 170 valence electrons. The second-order valence-electron chi connectivity index (χ2n) is 8.31. The summed E-state index contributed by atoms with van der Waals surface area (Å²) in [5.74, 6) is 1.55. The lowest BCUT2D eigenvalue weighted by atomic mass is 10.0. The van der Waals surface area contributed by atoms with Crippen molar-refractivity contribution in [2.24, 2.45) is 4.99 Å². The zero-order valence-electron chi connectivity index (χ0n) is 18.7. The lowest BCUT2D eigenvalue weighted by Gasteiger charge is -2.33. The van der Waals surface area contributed by atoms with Crippen LogP contribution in [0.4, 0.5) is 5.95 Å². The van der Waals surface area contributed by atoms with Gasteiger partial charge < -0.3 is 24.3 Å². The normalized spacial score (nSPS) is 17.5. The number of para-hydroxylation sites is 2. The highest BCUT2D eigenvalue weighted by Crippen LogP contribution is 2.27. The van der Waals surface area contributed by atoms with Gasteiger partial charge >= 0.3 is 5.97 Å². The average molecular weight is 454 g/mol. The molecule has 2 aliphatic rings. The number of methoxy groups -OCH3 is 1. The van der Waals surface area contributed by atoms with Crippen molar-refractivity contribution >= 4 is 39.6 Å². The van der Waals surface area contributed by atoms with Crippen LogP contribution in [-0.4, -0.2) is 60.0 Å². The predicted molar refractivity (Wildman–Crippen MR) is 131 cm³/mol. The Morgan fingerprint density at radius 3 is 2.71 bits per heavy atom. The van der Waals surface area contributed by atoms with E-state index in [-0.39, 0.29) is 0 Å².